The zero-order chi connectivity index (χ0) is 13.3. The maximum absolute atomic E-state index is 13.6. The number of benzene rings is 1. The molecule has 0 atom stereocenters. The fourth-order valence-electron chi connectivity index (χ4n) is 1.60. The molecule has 1 aromatic carbocycles. The standard InChI is InChI=1S/C12H10ClFN2O2/c1-15-6-5-11(17)16(12(15)18)7-8-9(13)3-2-4-10(8)14/h2-6H,7H2,1H3. The highest BCUT2D eigenvalue weighted by atomic mass is 35.5. The van der Waals surface area contributed by atoms with Gasteiger partial charge in [-0.3, -0.25) is 9.36 Å². The number of hydrogen-bond acceptors (Lipinski definition) is 2. The van der Waals surface area contributed by atoms with Crippen LogP contribution in [0, 0.1) is 5.82 Å². The summed E-state index contributed by atoms with van der Waals surface area (Å²) < 4.78 is 15.8. The lowest BCUT2D eigenvalue weighted by molar-refractivity contribution is 0.578. The molecule has 0 amide bonds. The van der Waals surface area contributed by atoms with Crippen molar-refractivity contribution in [1.29, 1.82) is 0 Å². The van der Waals surface area contributed by atoms with E-state index in [2.05, 4.69) is 0 Å². The third kappa shape index (κ3) is 2.22. The van der Waals surface area contributed by atoms with Crippen LogP contribution in [0.15, 0.2) is 40.1 Å². The molecule has 18 heavy (non-hydrogen) atoms. The van der Waals surface area contributed by atoms with E-state index in [-0.39, 0.29) is 17.1 Å². The Morgan fingerprint density at radius 3 is 2.67 bits per heavy atom. The van der Waals surface area contributed by atoms with Crippen molar-refractivity contribution in [2.75, 3.05) is 0 Å². The van der Waals surface area contributed by atoms with Gasteiger partial charge in [-0.15, -0.1) is 0 Å². The molecule has 0 saturated carbocycles. The number of aromatic nitrogens is 2. The number of hydrogen-bond donors (Lipinski definition) is 0. The van der Waals surface area contributed by atoms with Crippen LogP contribution in [0.3, 0.4) is 0 Å². The first-order chi connectivity index (χ1) is 8.50. The summed E-state index contributed by atoms with van der Waals surface area (Å²) in [7, 11) is 1.52. The summed E-state index contributed by atoms with van der Waals surface area (Å²) in [5.74, 6) is -0.541. The molecular formula is C12H10ClFN2O2. The SMILES string of the molecule is Cn1ccc(=O)n(Cc2c(F)cccc2Cl)c1=O. The zero-order valence-electron chi connectivity index (χ0n) is 9.56. The van der Waals surface area contributed by atoms with Gasteiger partial charge < -0.3 is 4.57 Å². The zero-order valence-corrected chi connectivity index (χ0v) is 10.3. The van der Waals surface area contributed by atoms with Crippen LogP contribution in [-0.4, -0.2) is 9.13 Å². The van der Waals surface area contributed by atoms with Gasteiger partial charge in [0.15, 0.2) is 0 Å². The molecule has 1 aromatic heterocycles. The van der Waals surface area contributed by atoms with E-state index in [0.717, 1.165) is 4.57 Å². The van der Waals surface area contributed by atoms with E-state index < -0.39 is 17.1 Å². The van der Waals surface area contributed by atoms with Crippen LogP contribution < -0.4 is 11.2 Å². The molecule has 94 valence electrons. The summed E-state index contributed by atoms with van der Waals surface area (Å²) in [4.78, 5) is 23.4. The minimum absolute atomic E-state index is 0.129. The topological polar surface area (TPSA) is 44.0 Å². The van der Waals surface area contributed by atoms with Gasteiger partial charge in [-0.1, -0.05) is 17.7 Å². The lowest BCUT2D eigenvalue weighted by atomic mass is 10.2. The Morgan fingerprint density at radius 1 is 1.28 bits per heavy atom. The molecule has 2 rings (SSSR count). The van der Waals surface area contributed by atoms with E-state index in [0.29, 0.717) is 0 Å². The first kappa shape index (κ1) is 12.6. The third-order valence-electron chi connectivity index (χ3n) is 2.62. The molecule has 0 aliphatic rings. The van der Waals surface area contributed by atoms with E-state index in [9.17, 15) is 14.0 Å². The Balaban J connectivity index is 2.57. The number of aryl methyl sites for hydroxylation is 1. The first-order valence-corrected chi connectivity index (χ1v) is 5.58. The second-order valence-corrected chi connectivity index (χ2v) is 4.24. The van der Waals surface area contributed by atoms with Crippen molar-refractivity contribution in [3.8, 4) is 0 Å². The molecule has 2 aromatic rings. The number of nitrogens with zero attached hydrogens (tertiary/aromatic N) is 2. The van der Waals surface area contributed by atoms with E-state index in [1.54, 1.807) is 0 Å². The normalized spacial score (nSPS) is 10.6. The Hall–Kier alpha value is -1.88. The molecule has 0 radical (unpaired) electrons. The fraction of sp³-hybridized carbons (Fsp3) is 0.167. The van der Waals surface area contributed by atoms with E-state index in [1.165, 1.54) is 42.1 Å². The molecule has 0 aliphatic heterocycles. The average Bonchev–Trinajstić information content (AvgIpc) is 2.33. The molecule has 0 aliphatic carbocycles. The van der Waals surface area contributed by atoms with Crippen molar-refractivity contribution in [3.63, 3.8) is 0 Å². The van der Waals surface area contributed by atoms with Gasteiger partial charge in [0.25, 0.3) is 5.56 Å². The van der Waals surface area contributed by atoms with Gasteiger partial charge in [-0.25, -0.2) is 9.18 Å². The predicted octanol–water partition coefficient (Wildman–Crippen LogP) is 1.39. The smallest absolute Gasteiger partial charge is 0.303 e. The fourth-order valence-corrected chi connectivity index (χ4v) is 1.82. The van der Waals surface area contributed by atoms with Gasteiger partial charge in [-0.05, 0) is 12.1 Å². The monoisotopic (exact) mass is 268 g/mol. The Labute approximate surface area is 107 Å². The van der Waals surface area contributed by atoms with E-state index in [4.69, 9.17) is 11.6 Å². The van der Waals surface area contributed by atoms with Gasteiger partial charge in [0.05, 0.1) is 6.54 Å². The quantitative estimate of drug-likeness (QED) is 0.826. The van der Waals surface area contributed by atoms with E-state index in [1.807, 2.05) is 0 Å². The van der Waals surface area contributed by atoms with E-state index >= 15 is 0 Å². The van der Waals surface area contributed by atoms with Crippen molar-refractivity contribution in [1.82, 2.24) is 9.13 Å². The van der Waals surface area contributed by atoms with Crippen LogP contribution in [0.1, 0.15) is 5.56 Å². The molecule has 6 heteroatoms. The predicted molar refractivity (Wildman–Crippen MR) is 66.5 cm³/mol. The van der Waals surface area contributed by atoms with Crippen LogP contribution in [-0.2, 0) is 13.6 Å². The molecular weight excluding hydrogens is 259 g/mol. The van der Waals surface area contributed by atoms with Crippen molar-refractivity contribution < 1.29 is 4.39 Å². The summed E-state index contributed by atoms with van der Waals surface area (Å²) in [6.45, 7) is -0.183. The molecule has 1 heterocycles. The molecule has 0 bridgehead atoms. The average molecular weight is 269 g/mol. The Bertz CT molecular complexity index is 686. The van der Waals surface area contributed by atoms with Crippen LogP contribution >= 0.6 is 11.6 Å². The summed E-state index contributed by atoms with van der Waals surface area (Å²) >= 11 is 5.86. The van der Waals surface area contributed by atoms with Gasteiger partial charge in [0.1, 0.15) is 5.82 Å². The molecule has 4 nitrogen and oxygen atoms in total. The Kier molecular flexibility index (Phi) is 3.34. The second-order valence-electron chi connectivity index (χ2n) is 3.83. The van der Waals surface area contributed by atoms with Crippen LogP contribution in [0.5, 0.6) is 0 Å². The van der Waals surface area contributed by atoms with Gasteiger partial charge in [0.2, 0.25) is 0 Å². The van der Waals surface area contributed by atoms with Crippen LogP contribution in [0.2, 0.25) is 5.02 Å². The van der Waals surface area contributed by atoms with Gasteiger partial charge in [-0.2, -0.15) is 0 Å². The molecule has 0 unspecified atom stereocenters. The highest BCUT2D eigenvalue weighted by Gasteiger charge is 2.10. The summed E-state index contributed by atoms with van der Waals surface area (Å²) in [6.07, 6.45) is 1.37. The number of halogens is 2. The van der Waals surface area contributed by atoms with Crippen molar-refractivity contribution >= 4 is 11.6 Å². The van der Waals surface area contributed by atoms with Gasteiger partial charge in [0, 0.05) is 29.9 Å². The number of rotatable bonds is 2. The lowest BCUT2D eigenvalue weighted by Crippen LogP contribution is -2.38. The van der Waals surface area contributed by atoms with Gasteiger partial charge >= 0.3 is 5.69 Å². The van der Waals surface area contributed by atoms with Crippen LogP contribution in [0.25, 0.3) is 0 Å². The minimum atomic E-state index is -0.541. The second kappa shape index (κ2) is 4.78. The largest absolute Gasteiger partial charge is 0.331 e. The highest BCUT2D eigenvalue weighted by molar-refractivity contribution is 6.31. The molecule has 0 N–H and O–H groups in total. The minimum Gasteiger partial charge on any atom is -0.303 e. The van der Waals surface area contributed by atoms with Crippen molar-refractivity contribution in [2.45, 2.75) is 6.54 Å². The first-order valence-electron chi connectivity index (χ1n) is 5.20. The van der Waals surface area contributed by atoms with Crippen molar-refractivity contribution in [3.05, 3.63) is 67.7 Å². The van der Waals surface area contributed by atoms with Crippen molar-refractivity contribution in [2.24, 2.45) is 7.05 Å². The Morgan fingerprint density at radius 2 is 2.00 bits per heavy atom. The molecule has 0 saturated heterocycles. The maximum Gasteiger partial charge on any atom is 0.331 e. The molecule has 0 fully saturated rings. The summed E-state index contributed by atoms with van der Waals surface area (Å²) in [5.41, 5.74) is -0.871. The summed E-state index contributed by atoms with van der Waals surface area (Å²) in [5, 5.41) is 0.188. The highest BCUT2D eigenvalue weighted by Crippen LogP contribution is 2.18. The lowest BCUT2D eigenvalue weighted by Gasteiger charge is -2.08. The molecule has 0 spiro atoms. The summed E-state index contributed by atoms with van der Waals surface area (Å²) in [6, 6.07) is 5.46. The van der Waals surface area contributed by atoms with Crippen LogP contribution in [0.4, 0.5) is 4.39 Å². The maximum atomic E-state index is 13.6. The third-order valence-corrected chi connectivity index (χ3v) is 2.97.